The molecule has 0 fully saturated rings. The number of ether oxygens (including phenoxy) is 1. The van der Waals surface area contributed by atoms with Gasteiger partial charge < -0.3 is 10.1 Å². The first-order valence-electron chi connectivity index (χ1n) is 7.15. The van der Waals surface area contributed by atoms with Crippen LogP contribution in [0.3, 0.4) is 0 Å². The molecule has 3 heteroatoms. The zero-order valence-electron chi connectivity index (χ0n) is 12.6. The van der Waals surface area contributed by atoms with Crippen LogP contribution in [-0.2, 0) is 4.74 Å². The number of nitrogens with zero attached hydrogens (tertiary/aromatic N) is 1. The molecule has 0 aliphatic carbocycles. The van der Waals surface area contributed by atoms with Gasteiger partial charge in [0, 0.05) is 25.7 Å². The number of nitrogens with one attached hydrogen (secondary N) is 1. The van der Waals surface area contributed by atoms with Gasteiger partial charge in [-0.2, -0.15) is 0 Å². The number of hydrogen-bond acceptors (Lipinski definition) is 3. The minimum Gasteiger partial charge on any atom is -0.380 e. The molecule has 106 valence electrons. The average molecular weight is 254 g/mol. The lowest BCUT2D eigenvalue weighted by Crippen LogP contribution is -2.37. The molecular weight excluding hydrogens is 224 g/mol. The van der Waals surface area contributed by atoms with Crippen molar-refractivity contribution in [2.45, 2.75) is 45.6 Å². The summed E-state index contributed by atoms with van der Waals surface area (Å²) in [4.78, 5) is 2.54. The van der Waals surface area contributed by atoms with Gasteiger partial charge in [-0.3, -0.25) is 4.90 Å². The Hall–Kier alpha value is -0.380. The van der Waals surface area contributed by atoms with E-state index in [1.54, 1.807) is 7.11 Å². The van der Waals surface area contributed by atoms with E-state index in [9.17, 15) is 0 Å². The molecule has 1 heterocycles. The van der Waals surface area contributed by atoms with Crippen molar-refractivity contribution >= 4 is 0 Å². The maximum absolute atomic E-state index is 5.17. The monoisotopic (exact) mass is 254 g/mol. The lowest BCUT2D eigenvalue weighted by atomic mass is 10.1. The van der Waals surface area contributed by atoms with Crippen LogP contribution in [0.25, 0.3) is 0 Å². The average Bonchev–Trinajstić information content (AvgIpc) is 2.30. The Morgan fingerprint density at radius 2 is 2.11 bits per heavy atom. The Bertz CT molecular complexity index is 256. The maximum atomic E-state index is 5.17. The number of hydrogen-bond donors (Lipinski definition) is 1. The molecule has 0 radical (unpaired) electrons. The molecule has 1 aliphatic heterocycles. The van der Waals surface area contributed by atoms with Gasteiger partial charge in [-0.1, -0.05) is 6.08 Å². The summed E-state index contributed by atoms with van der Waals surface area (Å²) < 4.78 is 5.17. The van der Waals surface area contributed by atoms with Crippen LogP contribution in [0.5, 0.6) is 0 Å². The minimum atomic E-state index is 0.253. The first-order chi connectivity index (χ1) is 8.51. The molecule has 0 bridgehead atoms. The fourth-order valence-corrected chi connectivity index (χ4v) is 2.20. The third-order valence-corrected chi connectivity index (χ3v) is 3.27. The fraction of sp³-hybridized carbons (Fsp3) is 0.867. The second-order valence-electron chi connectivity index (χ2n) is 6.23. The Kier molecular flexibility index (Phi) is 6.90. The van der Waals surface area contributed by atoms with Crippen molar-refractivity contribution in [3.8, 4) is 0 Å². The van der Waals surface area contributed by atoms with Crippen molar-refractivity contribution in [3.63, 3.8) is 0 Å². The first-order valence-corrected chi connectivity index (χ1v) is 7.15. The van der Waals surface area contributed by atoms with E-state index >= 15 is 0 Å². The molecule has 0 aromatic heterocycles. The smallest absolute Gasteiger partial charge is 0.0673 e. The van der Waals surface area contributed by atoms with Crippen molar-refractivity contribution in [3.05, 3.63) is 11.6 Å². The zero-order valence-corrected chi connectivity index (χ0v) is 12.6. The van der Waals surface area contributed by atoms with Gasteiger partial charge in [-0.05, 0) is 58.7 Å². The summed E-state index contributed by atoms with van der Waals surface area (Å²) in [5.41, 5.74) is 1.71. The second kappa shape index (κ2) is 7.93. The molecule has 0 aromatic carbocycles. The van der Waals surface area contributed by atoms with E-state index in [2.05, 4.69) is 37.1 Å². The van der Waals surface area contributed by atoms with Crippen LogP contribution in [-0.4, -0.2) is 50.3 Å². The highest BCUT2D eigenvalue weighted by Crippen LogP contribution is 2.11. The quantitative estimate of drug-likeness (QED) is 0.558. The Labute approximate surface area is 113 Å². The molecule has 0 spiro atoms. The molecule has 1 N–H and O–H groups in total. The normalized spacial score (nSPS) is 17.9. The van der Waals surface area contributed by atoms with E-state index in [1.807, 2.05) is 0 Å². The largest absolute Gasteiger partial charge is 0.380 e. The standard InChI is InChI=1S/C15H30N2O/c1-15(2,3)16-9-5-6-10-17-11-7-14(8-12-17)13-18-4/h7,16H,5-6,8-13H2,1-4H3. The second-order valence-corrected chi connectivity index (χ2v) is 6.23. The predicted molar refractivity (Wildman–Crippen MR) is 78.0 cm³/mol. The van der Waals surface area contributed by atoms with E-state index in [0.717, 1.165) is 19.7 Å². The summed E-state index contributed by atoms with van der Waals surface area (Å²) in [7, 11) is 1.77. The summed E-state index contributed by atoms with van der Waals surface area (Å²) >= 11 is 0. The maximum Gasteiger partial charge on any atom is 0.0673 e. The van der Waals surface area contributed by atoms with Gasteiger partial charge in [0.25, 0.3) is 0 Å². The zero-order chi connectivity index (χ0) is 13.4. The van der Waals surface area contributed by atoms with Crippen LogP contribution in [0.4, 0.5) is 0 Å². The summed E-state index contributed by atoms with van der Waals surface area (Å²) in [6.07, 6.45) is 6.06. The fourth-order valence-electron chi connectivity index (χ4n) is 2.20. The van der Waals surface area contributed by atoms with Crippen molar-refractivity contribution in [2.24, 2.45) is 0 Å². The minimum absolute atomic E-state index is 0.253. The third kappa shape index (κ3) is 7.14. The molecule has 18 heavy (non-hydrogen) atoms. The van der Waals surface area contributed by atoms with Crippen LogP contribution in [0.2, 0.25) is 0 Å². The van der Waals surface area contributed by atoms with E-state index in [4.69, 9.17) is 4.74 Å². The molecule has 3 nitrogen and oxygen atoms in total. The molecular formula is C15H30N2O. The molecule has 0 unspecified atom stereocenters. The lowest BCUT2D eigenvalue weighted by molar-refractivity contribution is 0.211. The molecule has 1 rings (SSSR count). The van der Waals surface area contributed by atoms with Gasteiger partial charge in [0.2, 0.25) is 0 Å². The van der Waals surface area contributed by atoms with Gasteiger partial charge in [0.15, 0.2) is 0 Å². The van der Waals surface area contributed by atoms with Crippen LogP contribution >= 0.6 is 0 Å². The topological polar surface area (TPSA) is 24.5 Å². The molecule has 0 saturated carbocycles. The summed E-state index contributed by atoms with van der Waals surface area (Å²) in [5, 5.41) is 3.54. The highest BCUT2D eigenvalue weighted by molar-refractivity contribution is 5.07. The highest BCUT2D eigenvalue weighted by atomic mass is 16.5. The Balaban J connectivity index is 2.04. The van der Waals surface area contributed by atoms with Gasteiger partial charge >= 0.3 is 0 Å². The highest BCUT2D eigenvalue weighted by Gasteiger charge is 2.11. The molecule has 0 atom stereocenters. The predicted octanol–water partition coefficient (Wildman–Crippen LogP) is 2.43. The van der Waals surface area contributed by atoms with E-state index in [1.165, 1.54) is 37.9 Å². The van der Waals surface area contributed by atoms with Crippen LogP contribution < -0.4 is 5.32 Å². The summed E-state index contributed by atoms with van der Waals surface area (Å²) in [6.45, 7) is 12.1. The van der Waals surface area contributed by atoms with E-state index in [-0.39, 0.29) is 5.54 Å². The number of unbranched alkanes of at least 4 members (excludes halogenated alkanes) is 1. The SMILES string of the molecule is COCC1=CCN(CCCCNC(C)(C)C)CC1. The summed E-state index contributed by atoms with van der Waals surface area (Å²) in [5.74, 6) is 0. The van der Waals surface area contributed by atoms with Crippen molar-refractivity contribution in [1.29, 1.82) is 0 Å². The van der Waals surface area contributed by atoms with Gasteiger partial charge in [0.1, 0.15) is 0 Å². The van der Waals surface area contributed by atoms with Crippen LogP contribution in [0.15, 0.2) is 11.6 Å². The van der Waals surface area contributed by atoms with Crippen molar-refractivity contribution in [1.82, 2.24) is 10.2 Å². The summed E-state index contributed by atoms with van der Waals surface area (Å²) in [6, 6.07) is 0. The number of rotatable bonds is 7. The lowest BCUT2D eigenvalue weighted by Gasteiger charge is -2.26. The third-order valence-electron chi connectivity index (χ3n) is 3.27. The van der Waals surface area contributed by atoms with Crippen molar-refractivity contribution < 1.29 is 4.74 Å². The first kappa shape index (κ1) is 15.7. The van der Waals surface area contributed by atoms with Crippen LogP contribution in [0, 0.1) is 0 Å². The van der Waals surface area contributed by atoms with Gasteiger partial charge in [-0.25, -0.2) is 0 Å². The number of methoxy groups -OCH3 is 1. The molecule has 1 aliphatic rings. The Morgan fingerprint density at radius 1 is 1.33 bits per heavy atom. The van der Waals surface area contributed by atoms with E-state index in [0.29, 0.717) is 0 Å². The van der Waals surface area contributed by atoms with Crippen LogP contribution in [0.1, 0.15) is 40.0 Å². The molecule has 0 aromatic rings. The Morgan fingerprint density at radius 3 is 2.67 bits per heavy atom. The molecule has 0 amide bonds. The van der Waals surface area contributed by atoms with Gasteiger partial charge in [0.05, 0.1) is 6.61 Å². The van der Waals surface area contributed by atoms with Gasteiger partial charge in [-0.15, -0.1) is 0 Å². The van der Waals surface area contributed by atoms with E-state index < -0.39 is 0 Å². The molecule has 0 saturated heterocycles. The van der Waals surface area contributed by atoms with Crippen molar-refractivity contribution in [2.75, 3.05) is 39.9 Å².